The lowest BCUT2D eigenvalue weighted by molar-refractivity contribution is -0.140. The molecule has 0 unspecified atom stereocenters. The molecule has 0 spiro atoms. The van der Waals surface area contributed by atoms with Gasteiger partial charge in [0.2, 0.25) is 21.8 Å². The second kappa shape index (κ2) is 12.7. The van der Waals surface area contributed by atoms with Crippen LogP contribution in [0.25, 0.3) is 0 Å². The molecule has 1 fully saturated rings. The van der Waals surface area contributed by atoms with Crippen LogP contribution in [-0.2, 0) is 26.2 Å². The summed E-state index contributed by atoms with van der Waals surface area (Å²) in [4.78, 5) is 28.6. The zero-order chi connectivity index (χ0) is 27.3. The number of benzene rings is 2. The molecule has 202 valence electrons. The quantitative estimate of drug-likeness (QED) is 0.367. The van der Waals surface area contributed by atoms with E-state index in [1.165, 1.54) is 17.0 Å². The molecule has 1 saturated carbocycles. The molecule has 0 saturated heterocycles. The van der Waals surface area contributed by atoms with Gasteiger partial charge >= 0.3 is 0 Å². The van der Waals surface area contributed by atoms with Crippen molar-refractivity contribution < 1.29 is 18.0 Å². The molecule has 2 aromatic rings. The van der Waals surface area contributed by atoms with Crippen molar-refractivity contribution in [1.82, 2.24) is 10.2 Å². The highest BCUT2D eigenvalue weighted by atomic mass is 35.5. The summed E-state index contributed by atoms with van der Waals surface area (Å²) in [7, 11) is -3.95. The van der Waals surface area contributed by atoms with Gasteiger partial charge in [-0.25, -0.2) is 8.42 Å². The van der Waals surface area contributed by atoms with Crippen LogP contribution in [0.1, 0.15) is 50.2 Å². The van der Waals surface area contributed by atoms with Crippen LogP contribution in [0.4, 0.5) is 5.69 Å². The van der Waals surface area contributed by atoms with Crippen molar-refractivity contribution in [3.8, 4) is 0 Å². The third-order valence-electron chi connectivity index (χ3n) is 6.50. The lowest BCUT2D eigenvalue weighted by atomic mass is 10.1. The van der Waals surface area contributed by atoms with Crippen LogP contribution in [0, 0.1) is 6.92 Å². The topological polar surface area (TPSA) is 86.8 Å². The molecule has 1 aliphatic rings. The zero-order valence-electron chi connectivity index (χ0n) is 21.1. The number of carbonyl (C=O) groups excluding carboxylic acids is 2. The van der Waals surface area contributed by atoms with Gasteiger partial charge < -0.3 is 10.2 Å². The van der Waals surface area contributed by atoms with Crippen LogP contribution in [-0.4, -0.2) is 50.0 Å². The lowest BCUT2D eigenvalue weighted by Gasteiger charge is -2.33. The van der Waals surface area contributed by atoms with Crippen molar-refractivity contribution in [1.29, 1.82) is 0 Å². The van der Waals surface area contributed by atoms with E-state index >= 15 is 0 Å². The number of nitrogens with one attached hydrogen (secondary N) is 1. The van der Waals surface area contributed by atoms with E-state index in [2.05, 4.69) is 5.32 Å². The third-order valence-corrected chi connectivity index (χ3v) is 8.65. The average molecular weight is 589 g/mol. The van der Waals surface area contributed by atoms with Gasteiger partial charge in [0, 0.05) is 12.6 Å². The Hall–Kier alpha value is -2.00. The van der Waals surface area contributed by atoms with Crippen LogP contribution < -0.4 is 9.62 Å². The van der Waals surface area contributed by atoms with Crippen molar-refractivity contribution in [3.63, 3.8) is 0 Å². The van der Waals surface area contributed by atoms with Crippen molar-refractivity contribution in [3.05, 3.63) is 62.6 Å². The van der Waals surface area contributed by atoms with E-state index in [1.54, 1.807) is 0 Å². The number of rotatable bonds is 10. The van der Waals surface area contributed by atoms with Crippen molar-refractivity contribution >= 4 is 62.3 Å². The number of nitrogens with zero attached hydrogens (tertiary/aromatic N) is 2. The fraction of sp³-hybridized carbons (Fsp3) is 0.462. The Morgan fingerprint density at radius 3 is 2.19 bits per heavy atom. The Bertz CT molecular complexity index is 1230. The van der Waals surface area contributed by atoms with E-state index < -0.39 is 28.5 Å². The highest BCUT2D eigenvalue weighted by molar-refractivity contribution is 7.92. The number of carbonyl (C=O) groups is 2. The Balaban J connectivity index is 1.96. The molecule has 2 aromatic carbocycles. The van der Waals surface area contributed by atoms with Gasteiger partial charge in [0.1, 0.15) is 12.6 Å². The maximum Gasteiger partial charge on any atom is 0.244 e. The molecule has 11 heteroatoms. The number of sulfonamides is 1. The molecule has 0 aromatic heterocycles. The zero-order valence-corrected chi connectivity index (χ0v) is 24.2. The van der Waals surface area contributed by atoms with Crippen LogP contribution in [0.5, 0.6) is 0 Å². The Morgan fingerprint density at radius 2 is 1.62 bits per heavy atom. The second-order valence-electron chi connectivity index (χ2n) is 9.41. The highest BCUT2D eigenvalue weighted by Gasteiger charge is 2.33. The van der Waals surface area contributed by atoms with E-state index in [4.69, 9.17) is 34.8 Å². The average Bonchev–Trinajstić information content (AvgIpc) is 3.33. The lowest BCUT2D eigenvalue weighted by Crippen LogP contribution is -2.53. The Kier molecular flexibility index (Phi) is 10.1. The summed E-state index contributed by atoms with van der Waals surface area (Å²) in [6, 6.07) is 9.58. The molecule has 37 heavy (non-hydrogen) atoms. The highest BCUT2D eigenvalue weighted by Crippen LogP contribution is 2.35. The molecule has 0 bridgehead atoms. The Morgan fingerprint density at radius 1 is 1.03 bits per heavy atom. The van der Waals surface area contributed by atoms with Crippen molar-refractivity contribution in [2.24, 2.45) is 0 Å². The first-order valence-corrected chi connectivity index (χ1v) is 15.2. The largest absolute Gasteiger partial charge is 0.352 e. The van der Waals surface area contributed by atoms with Gasteiger partial charge in [-0.3, -0.25) is 13.9 Å². The summed E-state index contributed by atoms with van der Waals surface area (Å²) in [5.41, 5.74) is 1.92. The van der Waals surface area contributed by atoms with Gasteiger partial charge in [-0.1, -0.05) is 84.4 Å². The number of halogens is 3. The molecule has 1 aliphatic carbocycles. The minimum atomic E-state index is -3.95. The number of aryl methyl sites for hydroxylation is 1. The predicted octanol–water partition coefficient (Wildman–Crippen LogP) is 5.59. The molecule has 1 N–H and O–H groups in total. The van der Waals surface area contributed by atoms with E-state index in [-0.39, 0.29) is 39.2 Å². The summed E-state index contributed by atoms with van der Waals surface area (Å²) >= 11 is 18.5. The van der Waals surface area contributed by atoms with E-state index in [0.29, 0.717) is 6.42 Å². The predicted molar refractivity (Wildman–Crippen MR) is 150 cm³/mol. The maximum absolute atomic E-state index is 13.8. The SMILES string of the molecule is CC[C@@H](C(=O)NC1CCCC1)N(Cc1ccc(C)cc1)C(=O)CN(c1cc(Cl)c(Cl)cc1Cl)S(C)(=O)=O. The number of hydrogen-bond donors (Lipinski definition) is 1. The smallest absolute Gasteiger partial charge is 0.244 e. The maximum atomic E-state index is 13.8. The number of hydrogen-bond acceptors (Lipinski definition) is 4. The summed E-state index contributed by atoms with van der Waals surface area (Å²) in [6.07, 6.45) is 5.27. The molecule has 0 radical (unpaired) electrons. The third kappa shape index (κ3) is 7.76. The van der Waals surface area contributed by atoms with E-state index in [1.807, 2.05) is 38.1 Å². The van der Waals surface area contributed by atoms with Gasteiger partial charge in [0.25, 0.3) is 0 Å². The number of anilines is 1. The minimum absolute atomic E-state index is 0.0312. The van der Waals surface area contributed by atoms with E-state index in [9.17, 15) is 18.0 Å². The second-order valence-corrected chi connectivity index (χ2v) is 12.5. The first kappa shape index (κ1) is 29.6. The first-order chi connectivity index (χ1) is 17.4. The molecule has 3 rings (SSSR count). The molecule has 0 aliphatic heterocycles. The van der Waals surface area contributed by atoms with Gasteiger partial charge in [-0.05, 0) is 43.9 Å². The molecule has 1 atom stereocenters. The van der Waals surface area contributed by atoms with Crippen molar-refractivity contribution in [2.75, 3.05) is 17.1 Å². The normalized spacial score (nSPS) is 14.9. The van der Waals surface area contributed by atoms with Gasteiger partial charge in [0.05, 0.1) is 27.0 Å². The van der Waals surface area contributed by atoms with E-state index in [0.717, 1.165) is 47.4 Å². The monoisotopic (exact) mass is 587 g/mol. The van der Waals surface area contributed by atoms with Gasteiger partial charge in [-0.15, -0.1) is 0 Å². The van der Waals surface area contributed by atoms with Crippen LogP contribution in [0.3, 0.4) is 0 Å². The minimum Gasteiger partial charge on any atom is -0.352 e. The summed E-state index contributed by atoms with van der Waals surface area (Å²) in [5.74, 6) is -0.783. The van der Waals surface area contributed by atoms with Gasteiger partial charge in [-0.2, -0.15) is 0 Å². The summed E-state index contributed by atoms with van der Waals surface area (Å²) in [6.45, 7) is 3.37. The fourth-order valence-corrected chi connectivity index (χ4v) is 6.02. The summed E-state index contributed by atoms with van der Waals surface area (Å²) < 4.78 is 26.5. The van der Waals surface area contributed by atoms with Crippen LogP contribution in [0.15, 0.2) is 36.4 Å². The molecule has 7 nitrogen and oxygen atoms in total. The summed E-state index contributed by atoms with van der Waals surface area (Å²) in [5, 5.41) is 3.37. The van der Waals surface area contributed by atoms with Crippen LogP contribution >= 0.6 is 34.8 Å². The molecular formula is C26H32Cl3N3O4S. The van der Waals surface area contributed by atoms with Crippen molar-refractivity contribution in [2.45, 2.75) is 64.6 Å². The standard InChI is InChI=1S/C26H32Cl3N3O4S/c1-4-23(26(34)30-19-7-5-6-8-19)31(15-18-11-9-17(2)10-12-18)25(33)16-32(37(3,35)36)24-14-21(28)20(27)13-22(24)29/h9-14,19,23H,4-8,15-16H2,1-3H3,(H,30,34)/t23-/m0/s1. The first-order valence-electron chi connectivity index (χ1n) is 12.2. The molecule has 2 amide bonds. The number of amides is 2. The molecule has 0 heterocycles. The van der Waals surface area contributed by atoms with Gasteiger partial charge in [0.15, 0.2) is 0 Å². The fourth-order valence-electron chi connectivity index (χ4n) is 4.48. The Labute approximate surface area is 234 Å². The van der Waals surface area contributed by atoms with Crippen LogP contribution in [0.2, 0.25) is 15.1 Å². The molecular weight excluding hydrogens is 557 g/mol.